The standard InChI is InChI=1S/C34H34N6O12S2/c41-27-15-25(21-5-9-23(10-6-21)36-19-54)34(33(49)50)16-28(42)52-40(51-27)13-12-39(34)38(17-24-2-1-11-37(24)29(31(45)46)32(47)48)26(30(43)44)14-20-3-7-22(8-4-20)35-18-53/h3-10,24-26,29H,1-2,11-17H2,(H,43,44)(H,45,46)(H,47,48)(H,49,50). The fourth-order valence-electron chi connectivity index (χ4n) is 7.35. The van der Waals surface area contributed by atoms with Crippen LogP contribution in [0.15, 0.2) is 58.5 Å². The molecule has 0 radical (unpaired) electrons. The Labute approximate surface area is 317 Å². The number of fused-ring (bicyclic) bond motifs is 7. The van der Waals surface area contributed by atoms with Crippen LogP contribution in [0.1, 0.15) is 42.7 Å². The lowest BCUT2D eigenvalue weighted by atomic mass is 9.74. The summed E-state index contributed by atoms with van der Waals surface area (Å²) in [6.07, 6.45) is -1.21. The first-order valence-corrected chi connectivity index (χ1v) is 17.4. The molecule has 6 rings (SSSR count). The average Bonchev–Trinajstić information content (AvgIpc) is 3.58. The van der Waals surface area contributed by atoms with Gasteiger partial charge in [0.15, 0.2) is 5.54 Å². The molecule has 4 aliphatic rings. The summed E-state index contributed by atoms with van der Waals surface area (Å²) in [5, 5.41) is 49.6. The van der Waals surface area contributed by atoms with Crippen LogP contribution in [0, 0.1) is 0 Å². The van der Waals surface area contributed by atoms with Crippen molar-refractivity contribution < 1.29 is 58.9 Å². The normalized spacial score (nSPS) is 23.8. The molecule has 0 aromatic heterocycles. The van der Waals surface area contributed by atoms with Crippen LogP contribution in [0.5, 0.6) is 0 Å². The minimum atomic E-state index is -2.44. The molecule has 18 nitrogen and oxygen atoms in total. The van der Waals surface area contributed by atoms with E-state index in [0.717, 1.165) is 0 Å². The number of thiocarbonyl (C=S) groups is 2. The summed E-state index contributed by atoms with van der Waals surface area (Å²) < 4.78 is 0. The predicted molar refractivity (Wildman–Crippen MR) is 191 cm³/mol. The summed E-state index contributed by atoms with van der Waals surface area (Å²) in [7, 11) is 0. The molecular weight excluding hydrogens is 749 g/mol. The molecule has 0 aliphatic carbocycles. The number of carboxylic acid groups (broad SMARTS) is 4. The molecule has 5 atom stereocenters. The summed E-state index contributed by atoms with van der Waals surface area (Å²) in [5.74, 6) is -9.75. The van der Waals surface area contributed by atoms with Gasteiger partial charge in [0.25, 0.3) is 0 Å². The van der Waals surface area contributed by atoms with Gasteiger partial charge in [-0.2, -0.15) is 9.98 Å². The Morgan fingerprint density at radius 3 is 2.00 bits per heavy atom. The third kappa shape index (κ3) is 8.57. The third-order valence-electron chi connectivity index (χ3n) is 9.68. The highest BCUT2D eigenvalue weighted by molar-refractivity contribution is 7.78. The number of hydrazine groups is 1. The van der Waals surface area contributed by atoms with Gasteiger partial charge < -0.3 is 30.1 Å². The number of carbonyl (C=O) groups is 6. The quantitative estimate of drug-likeness (QED) is 0.122. The highest BCUT2D eigenvalue weighted by atomic mass is 32.1. The summed E-state index contributed by atoms with van der Waals surface area (Å²) in [6.45, 7) is -1.19. The Morgan fingerprint density at radius 2 is 1.44 bits per heavy atom. The van der Waals surface area contributed by atoms with E-state index >= 15 is 0 Å². The van der Waals surface area contributed by atoms with Crippen LogP contribution in [-0.2, 0) is 44.9 Å². The van der Waals surface area contributed by atoms with Gasteiger partial charge in [-0.25, -0.2) is 19.6 Å². The molecular formula is C34H34N6O12S2. The number of aliphatic imine (C=N–C) groups is 2. The number of hydroxylamine groups is 2. The van der Waals surface area contributed by atoms with Crippen molar-refractivity contribution in [2.45, 2.75) is 61.7 Å². The Morgan fingerprint density at radius 1 is 0.852 bits per heavy atom. The zero-order valence-electron chi connectivity index (χ0n) is 28.3. The Balaban J connectivity index is 1.74. The van der Waals surface area contributed by atoms with Gasteiger partial charge in [-0.3, -0.25) is 24.1 Å². The maximum atomic E-state index is 14.0. The number of isothiocyanates is 2. The number of nitrogens with zero attached hydrogens (tertiary/aromatic N) is 6. The van der Waals surface area contributed by atoms with Crippen molar-refractivity contribution in [3.8, 4) is 0 Å². The van der Waals surface area contributed by atoms with Crippen LogP contribution in [0.3, 0.4) is 0 Å². The minimum Gasteiger partial charge on any atom is -0.480 e. The van der Waals surface area contributed by atoms with E-state index in [9.17, 15) is 49.2 Å². The SMILES string of the molecule is O=C1CC(c2ccc(N=C=S)cc2)C2(C(=O)O)CC(=O)ON(CCN2N(CC2CCCN2C(C(=O)O)C(=O)O)C(Cc2ccc(N=C=S)cc2)C(=O)O)O1. The van der Waals surface area contributed by atoms with Gasteiger partial charge >= 0.3 is 35.8 Å². The molecule has 4 heterocycles. The number of benzene rings is 2. The minimum absolute atomic E-state index is 0.0348. The Hall–Kier alpha value is -5.30. The Bertz CT molecular complexity index is 1890. The number of hydrogen-bond acceptors (Lipinski definition) is 16. The number of likely N-dealkylation sites (tertiary alicyclic amines) is 1. The molecule has 4 N–H and O–H groups in total. The maximum absolute atomic E-state index is 14.0. The molecule has 284 valence electrons. The van der Waals surface area contributed by atoms with Crippen molar-refractivity contribution in [1.82, 2.24) is 20.1 Å². The van der Waals surface area contributed by atoms with Gasteiger partial charge in [-0.05, 0) is 79.2 Å². The smallest absolute Gasteiger partial charge is 0.332 e. The second kappa shape index (κ2) is 17.2. The lowest BCUT2D eigenvalue weighted by molar-refractivity contribution is -0.332. The van der Waals surface area contributed by atoms with Gasteiger partial charge in [0.05, 0.1) is 41.1 Å². The highest BCUT2D eigenvalue weighted by Gasteiger charge is 2.59. The van der Waals surface area contributed by atoms with Gasteiger partial charge in [0.2, 0.25) is 6.04 Å². The molecule has 2 bridgehead atoms. The van der Waals surface area contributed by atoms with E-state index < -0.39 is 97.9 Å². The maximum Gasteiger partial charge on any atom is 0.332 e. The van der Waals surface area contributed by atoms with Crippen LogP contribution in [0.25, 0.3) is 0 Å². The van der Waals surface area contributed by atoms with E-state index in [0.29, 0.717) is 28.6 Å². The lowest BCUT2D eigenvalue weighted by Crippen LogP contribution is -2.70. The van der Waals surface area contributed by atoms with Crippen molar-refractivity contribution in [1.29, 1.82) is 0 Å². The molecule has 2 aromatic carbocycles. The molecule has 2 aromatic rings. The number of hydrogen-bond donors (Lipinski definition) is 4. The lowest BCUT2D eigenvalue weighted by Gasteiger charge is -2.52. The van der Waals surface area contributed by atoms with Gasteiger partial charge in [-0.15, -0.1) is 0 Å². The fourth-order valence-corrected chi connectivity index (χ4v) is 7.56. The molecule has 0 amide bonds. The first-order valence-electron chi connectivity index (χ1n) is 16.5. The molecule has 4 fully saturated rings. The zero-order chi connectivity index (χ0) is 39.2. The predicted octanol–water partition coefficient (Wildman–Crippen LogP) is 2.31. The fraction of sp³-hybridized carbons (Fsp3) is 0.412. The highest BCUT2D eigenvalue weighted by Crippen LogP contribution is 2.44. The first kappa shape index (κ1) is 39.9. The van der Waals surface area contributed by atoms with E-state index in [1.807, 2.05) is 0 Å². The van der Waals surface area contributed by atoms with E-state index in [2.05, 4.69) is 32.5 Å². The first-order chi connectivity index (χ1) is 25.8. The number of carboxylic acids is 4. The molecule has 0 saturated carbocycles. The van der Waals surface area contributed by atoms with Crippen LogP contribution < -0.4 is 0 Å². The van der Waals surface area contributed by atoms with Crippen molar-refractivity contribution in [3.63, 3.8) is 0 Å². The van der Waals surface area contributed by atoms with E-state index in [1.165, 1.54) is 39.2 Å². The molecule has 4 saturated heterocycles. The topological polar surface area (TPSA) is 239 Å². The van der Waals surface area contributed by atoms with Crippen LogP contribution >= 0.6 is 24.4 Å². The summed E-state index contributed by atoms with van der Waals surface area (Å²) >= 11 is 9.36. The van der Waals surface area contributed by atoms with E-state index in [1.54, 1.807) is 24.3 Å². The second-order valence-electron chi connectivity index (χ2n) is 12.7. The number of aliphatic carboxylic acids is 4. The van der Waals surface area contributed by atoms with Crippen molar-refractivity contribution in [2.75, 3.05) is 26.2 Å². The largest absolute Gasteiger partial charge is 0.480 e. The van der Waals surface area contributed by atoms with E-state index in [-0.39, 0.29) is 24.9 Å². The zero-order valence-corrected chi connectivity index (χ0v) is 30.0. The number of rotatable bonds is 14. The van der Waals surface area contributed by atoms with E-state index in [4.69, 9.17) is 21.9 Å². The Kier molecular flexibility index (Phi) is 12.7. The second-order valence-corrected chi connectivity index (χ2v) is 13.1. The molecule has 0 spiro atoms. The van der Waals surface area contributed by atoms with Crippen LogP contribution in [-0.4, -0.2) is 137 Å². The van der Waals surface area contributed by atoms with Crippen molar-refractivity contribution in [3.05, 3.63) is 59.7 Å². The average molecular weight is 783 g/mol. The van der Waals surface area contributed by atoms with Gasteiger partial charge in [0, 0.05) is 36.7 Å². The monoisotopic (exact) mass is 782 g/mol. The summed E-state index contributed by atoms with van der Waals surface area (Å²) in [4.78, 5) is 98.4. The molecule has 20 heteroatoms. The summed E-state index contributed by atoms with van der Waals surface area (Å²) in [5.41, 5.74) is -0.930. The molecule has 5 unspecified atom stereocenters. The summed E-state index contributed by atoms with van der Waals surface area (Å²) in [6, 6.07) is 7.81. The van der Waals surface area contributed by atoms with Crippen molar-refractivity contribution in [2.24, 2.45) is 9.98 Å². The van der Waals surface area contributed by atoms with Crippen LogP contribution in [0.2, 0.25) is 0 Å². The van der Waals surface area contributed by atoms with Gasteiger partial charge in [-0.1, -0.05) is 24.3 Å². The van der Waals surface area contributed by atoms with Gasteiger partial charge in [0.1, 0.15) is 6.04 Å². The van der Waals surface area contributed by atoms with Crippen molar-refractivity contribution >= 4 is 81.9 Å². The number of carbonyl (C=O) groups excluding carboxylic acids is 2. The molecule has 4 aliphatic heterocycles. The third-order valence-corrected chi connectivity index (χ3v) is 9.86. The van der Waals surface area contributed by atoms with Crippen LogP contribution in [0.4, 0.5) is 11.4 Å². The molecule has 54 heavy (non-hydrogen) atoms.